The molecule has 166 valence electrons. The van der Waals surface area contributed by atoms with Crippen molar-refractivity contribution in [2.75, 3.05) is 25.1 Å². The maximum atomic E-state index is 13.4. The Morgan fingerprint density at radius 1 is 1.15 bits per heavy atom. The lowest BCUT2D eigenvalue weighted by Crippen LogP contribution is -2.48. The number of anilines is 1. The average Bonchev–Trinajstić information content (AvgIpc) is 3.30. The van der Waals surface area contributed by atoms with Crippen molar-refractivity contribution in [1.82, 2.24) is 9.88 Å². The van der Waals surface area contributed by atoms with Crippen molar-refractivity contribution in [3.63, 3.8) is 0 Å². The summed E-state index contributed by atoms with van der Waals surface area (Å²) in [5.41, 5.74) is 5.64. The van der Waals surface area contributed by atoms with Gasteiger partial charge in [0, 0.05) is 37.1 Å². The molecular weight excluding hydrogens is 412 g/mol. The number of aliphatic hydroxyl groups excluding tert-OH is 1. The van der Waals surface area contributed by atoms with Gasteiger partial charge in [-0.2, -0.15) is 5.26 Å². The summed E-state index contributed by atoms with van der Waals surface area (Å²) in [6.07, 6.45) is 2.84. The zero-order chi connectivity index (χ0) is 22.9. The number of likely N-dealkylation sites (tertiary alicyclic amines) is 1. The van der Waals surface area contributed by atoms with E-state index in [2.05, 4.69) is 34.2 Å². The Kier molecular flexibility index (Phi) is 5.57. The van der Waals surface area contributed by atoms with E-state index in [1.807, 2.05) is 54.4 Å². The van der Waals surface area contributed by atoms with Gasteiger partial charge in [-0.15, -0.1) is 0 Å². The van der Waals surface area contributed by atoms with E-state index in [9.17, 15) is 9.90 Å². The fraction of sp³-hybridized carbons (Fsp3) is 0.296. The fourth-order valence-corrected chi connectivity index (χ4v) is 5.41. The van der Waals surface area contributed by atoms with E-state index >= 15 is 0 Å². The van der Waals surface area contributed by atoms with Crippen molar-refractivity contribution in [1.29, 1.82) is 5.26 Å². The summed E-state index contributed by atoms with van der Waals surface area (Å²) in [6.45, 7) is 0.725. The van der Waals surface area contributed by atoms with Crippen LogP contribution in [0.4, 0.5) is 5.69 Å². The molecule has 3 aromatic rings. The third-order valence-electron chi connectivity index (χ3n) is 7.08. The minimum Gasteiger partial charge on any atom is -0.394 e. The molecule has 0 aliphatic carbocycles. The van der Waals surface area contributed by atoms with Gasteiger partial charge in [-0.3, -0.25) is 9.78 Å². The van der Waals surface area contributed by atoms with E-state index in [0.717, 1.165) is 34.5 Å². The summed E-state index contributed by atoms with van der Waals surface area (Å²) >= 11 is 0. The molecule has 3 atom stereocenters. The maximum absolute atomic E-state index is 13.4. The van der Waals surface area contributed by atoms with E-state index in [-0.39, 0.29) is 36.9 Å². The molecule has 6 heteroatoms. The smallest absolute Gasteiger partial charge is 0.229 e. The number of aliphatic hydroxyl groups is 1. The van der Waals surface area contributed by atoms with Crippen LogP contribution in [0.15, 0.2) is 66.9 Å². The minimum absolute atomic E-state index is 0.0316. The molecule has 2 aliphatic heterocycles. The van der Waals surface area contributed by atoms with E-state index in [1.165, 1.54) is 0 Å². The van der Waals surface area contributed by atoms with Crippen LogP contribution in [0.5, 0.6) is 0 Å². The molecule has 1 saturated heterocycles. The highest BCUT2D eigenvalue weighted by Gasteiger charge is 2.47. The van der Waals surface area contributed by atoms with Gasteiger partial charge >= 0.3 is 0 Å². The Labute approximate surface area is 193 Å². The third-order valence-corrected chi connectivity index (χ3v) is 7.08. The molecule has 0 saturated carbocycles. The number of hydrogen-bond donors (Lipinski definition) is 1. The number of carbonyl (C=O) groups is 1. The standard InChI is InChI=1S/C27H26N4O2/c1-30-24-10-9-20(19-7-5-18(16-28)6-8-19)14-23(24)27-22(25(30)17-32)11-13-31(27)26(33)15-21-4-2-3-12-29-21/h2-10,12,14,22,25,27,32H,11,13,15,17H2,1H3/t22-,25+,27-/m0/s1. The first kappa shape index (κ1) is 21.2. The molecule has 1 N–H and O–H groups in total. The molecule has 6 nitrogen and oxygen atoms in total. The number of likely N-dealkylation sites (N-methyl/N-ethyl adjacent to an activating group) is 1. The maximum Gasteiger partial charge on any atom is 0.229 e. The number of amides is 1. The third kappa shape index (κ3) is 3.75. The Bertz CT molecular complexity index is 1200. The second-order valence-corrected chi connectivity index (χ2v) is 8.81. The second-order valence-electron chi connectivity index (χ2n) is 8.81. The molecule has 0 bridgehead atoms. The average molecular weight is 439 g/mol. The van der Waals surface area contributed by atoms with E-state index in [0.29, 0.717) is 12.1 Å². The van der Waals surface area contributed by atoms with Gasteiger partial charge < -0.3 is 14.9 Å². The molecule has 2 aliphatic rings. The summed E-state index contributed by atoms with van der Waals surface area (Å²) in [5.74, 6) is 0.230. The van der Waals surface area contributed by atoms with Crippen molar-refractivity contribution in [2.24, 2.45) is 5.92 Å². The summed E-state index contributed by atoms with van der Waals surface area (Å²) < 4.78 is 0. The van der Waals surface area contributed by atoms with Crippen molar-refractivity contribution in [2.45, 2.75) is 24.9 Å². The predicted octanol–water partition coefficient (Wildman–Crippen LogP) is 3.56. The summed E-state index contributed by atoms with van der Waals surface area (Å²) in [6, 6.07) is 21.6. The Balaban J connectivity index is 1.54. The lowest BCUT2D eigenvalue weighted by molar-refractivity contribution is -0.132. The van der Waals surface area contributed by atoms with Crippen LogP contribution in [-0.4, -0.2) is 47.1 Å². The largest absolute Gasteiger partial charge is 0.394 e. The minimum atomic E-state index is -0.0807. The second kappa shape index (κ2) is 8.68. The highest BCUT2D eigenvalue weighted by molar-refractivity contribution is 5.80. The molecule has 33 heavy (non-hydrogen) atoms. The first-order valence-electron chi connectivity index (χ1n) is 11.3. The lowest BCUT2D eigenvalue weighted by atomic mass is 9.81. The van der Waals surface area contributed by atoms with Gasteiger partial charge in [0.25, 0.3) is 0 Å². The van der Waals surface area contributed by atoms with E-state index < -0.39 is 0 Å². The number of rotatable bonds is 4. The number of aromatic nitrogens is 1. The first-order chi connectivity index (χ1) is 16.1. The lowest BCUT2D eigenvalue weighted by Gasteiger charge is -2.44. The number of nitrogens with zero attached hydrogens (tertiary/aromatic N) is 4. The summed E-state index contributed by atoms with van der Waals surface area (Å²) in [7, 11) is 2.02. The van der Waals surface area contributed by atoms with Crippen LogP contribution in [0.3, 0.4) is 0 Å². The number of nitriles is 1. The van der Waals surface area contributed by atoms with Crippen LogP contribution in [0, 0.1) is 17.2 Å². The van der Waals surface area contributed by atoms with Gasteiger partial charge in [-0.1, -0.05) is 24.3 Å². The van der Waals surface area contributed by atoms with Crippen molar-refractivity contribution < 1.29 is 9.90 Å². The topological polar surface area (TPSA) is 80.5 Å². The van der Waals surface area contributed by atoms with Crippen molar-refractivity contribution in [3.05, 3.63) is 83.7 Å². The molecular formula is C27H26N4O2. The van der Waals surface area contributed by atoms with Gasteiger partial charge in [-0.25, -0.2) is 0 Å². The van der Waals surface area contributed by atoms with Gasteiger partial charge in [0.1, 0.15) is 0 Å². The zero-order valence-electron chi connectivity index (χ0n) is 18.6. The molecule has 0 unspecified atom stereocenters. The molecule has 1 amide bonds. The molecule has 5 rings (SSSR count). The number of hydrogen-bond acceptors (Lipinski definition) is 5. The van der Waals surface area contributed by atoms with E-state index in [4.69, 9.17) is 5.26 Å². The van der Waals surface area contributed by atoms with Crippen LogP contribution in [-0.2, 0) is 11.2 Å². The predicted molar refractivity (Wildman–Crippen MR) is 126 cm³/mol. The molecule has 0 spiro atoms. The molecule has 3 heterocycles. The summed E-state index contributed by atoms with van der Waals surface area (Å²) in [4.78, 5) is 21.8. The van der Waals surface area contributed by atoms with Crippen LogP contribution in [0.2, 0.25) is 0 Å². The molecule has 1 fully saturated rings. The van der Waals surface area contributed by atoms with Gasteiger partial charge in [-0.05, 0) is 59.5 Å². The van der Waals surface area contributed by atoms with Crippen LogP contribution < -0.4 is 4.90 Å². The van der Waals surface area contributed by atoms with Crippen LogP contribution >= 0.6 is 0 Å². The van der Waals surface area contributed by atoms with Gasteiger partial charge in [0.15, 0.2) is 0 Å². The van der Waals surface area contributed by atoms with Crippen LogP contribution in [0.1, 0.15) is 29.3 Å². The Morgan fingerprint density at radius 2 is 1.94 bits per heavy atom. The van der Waals surface area contributed by atoms with Gasteiger partial charge in [0.05, 0.1) is 36.7 Å². The highest BCUT2D eigenvalue weighted by Crippen LogP contribution is 2.49. The number of fused-ring (bicyclic) bond motifs is 3. The van der Waals surface area contributed by atoms with E-state index in [1.54, 1.807) is 6.20 Å². The SMILES string of the molecule is CN1c2ccc(-c3ccc(C#N)cc3)cc2[C@@H]2[C@@H](CCN2C(=O)Cc2ccccn2)[C@H]1CO. The summed E-state index contributed by atoms with van der Waals surface area (Å²) in [5, 5.41) is 19.3. The van der Waals surface area contributed by atoms with Gasteiger partial charge in [0.2, 0.25) is 5.91 Å². The molecule has 0 radical (unpaired) electrons. The number of carbonyl (C=O) groups excluding carboxylic acids is 1. The zero-order valence-corrected chi connectivity index (χ0v) is 18.6. The molecule has 2 aromatic carbocycles. The van der Waals surface area contributed by atoms with Crippen molar-refractivity contribution >= 4 is 11.6 Å². The fourth-order valence-electron chi connectivity index (χ4n) is 5.41. The molecule has 1 aromatic heterocycles. The number of benzene rings is 2. The normalized spacial score (nSPS) is 21.3. The first-order valence-corrected chi connectivity index (χ1v) is 11.3. The quantitative estimate of drug-likeness (QED) is 0.674. The highest BCUT2D eigenvalue weighted by atomic mass is 16.3. The number of pyridine rings is 1. The monoisotopic (exact) mass is 438 g/mol. The van der Waals surface area contributed by atoms with Crippen LogP contribution in [0.25, 0.3) is 11.1 Å². The van der Waals surface area contributed by atoms with Crippen molar-refractivity contribution in [3.8, 4) is 17.2 Å². The Morgan fingerprint density at radius 3 is 2.64 bits per heavy atom. The Hall–Kier alpha value is -3.69.